The van der Waals surface area contributed by atoms with Crippen molar-refractivity contribution < 1.29 is 18.7 Å². The lowest BCUT2D eigenvalue weighted by Gasteiger charge is -2.41. The van der Waals surface area contributed by atoms with Crippen LogP contribution in [-0.4, -0.2) is 61.6 Å². The topological polar surface area (TPSA) is 91.9 Å². The maximum atomic E-state index is 14.9. The minimum absolute atomic E-state index is 0.103. The van der Waals surface area contributed by atoms with E-state index in [0.717, 1.165) is 53.6 Å². The molecule has 2 fully saturated rings. The molecule has 3 aliphatic heterocycles. The molecule has 0 aliphatic carbocycles. The fourth-order valence-corrected chi connectivity index (χ4v) is 6.23. The molecular formula is C28H33FN6O3. The van der Waals surface area contributed by atoms with Crippen molar-refractivity contribution in [3.05, 3.63) is 53.2 Å². The Labute approximate surface area is 221 Å². The number of hydrogen-bond donors (Lipinski definition) is 2. The monoisotopic (exact) mass is 520 g/mol. The van der Waals surface area contributed by atoms with E-state index in [1.54, 1.807) is 19.5 Å². The molecule has 2 aromatic carbocycles. The molecule has 2 N–H and O–H groups in total. The number of anilines is 2. The zero-order chi connectivity index (χ0) is 26.3. The Balaban J connectivity index is 1.40. The van der Waals surface area contributed by atoms with Gasteiger partial charge in [-0.1, -0.05) is 13.0 Å². The first-order valence-electron chi connectivity index (χ1n) is 13.3. The largest absolute Gasteiger partial charge is 0.467 e. The fourth-order valence-electron chi connectivity index (χ4n) is 6.23. The van der Waals surface area contributed by atoms with Crippen LogP contribution in [0.25, 0.3) is 10.8 Å². The minimum atomic E-state index is -0.314. The Morgan fingerprint density at radius 1 is 1.21 bits per heavy atom. The Hall–Kier alpha value is -3.50. The maximum Gasteiger partial charge on any atom is 0.323 e. The number of hydrogen-bond acceptors (Lipinski definition) is 7. The highest BCUT2D eigenvalue weighted by Gasteiger charge is 2.48. The summed E-state index contributed by atoms with van der Waals surface area (Å²) in [6, 6.07) is 7.11. The summed E-state index contributed by atoms with van der Waals surface area (Å²) in [6.07, 6.45) is 4.73. The van der Waals surface area contributed by atoms with Gasteiger partial charge in [0.2, 0.25) is 0 Å². The molecule has 0 saturated carbocycles. The van der Waals surface area contributed by atoms with Crippen molar-refractivity contribution in [3.63, 3.8) is 0 Å². The van der Waals surface area contributed by atoms with Gasteiger partial charge in [0.05, 0.1) is 17.8 Å². The number of aryl methyl sites for hydroxylation is 1. The Morgan fingerprint density at radius 2 is 2.11 bits per heavy atom. The third kappa shape index (κ3) is 4.12. The zero-order valence-corrected chi connectivity index (χ0v) is 21.8. The molecule has 3 aromatic rings. The van der Waals surface area contributed by atoms with Crippen molar-refractivity contribution in [2.24, 2.45) is 0 Å². The van der Waals surface area contributed by atoms with E-state index >= 15 is 0 Å². The summed E-state index contributed by atoms with van der Waals surface area (Å²) in [6.45, 7) is 5.60. The highest BCUT2D eigenvalue weighted by atomic mass is 19.1. The molecule has 1 unspecified atom stereocenters. The number of methoxy groups -OCH3 is 1. The lowest BCUT2D eigenvalue weighted by Crippen LogP contribution is -2.57. The van der Waals surface area contributed by atoms with E-state index < -0.39 is 0 Å². The zero-order valence-electron chi connectivity index (χ0n) is 21.8. The number of fused-ring (bicyclic) bond motifs is 2. The van der Waals surface area contributed by atoms with Crippen LogP contribution in [0.3, 0.4) is 0 Å². The first kappa shape index (κ1) is 24.8. The molecule has 1 spiro atoms. The van der Waals surface area contributed by atoms with Crippen LogP contribution >= 0.6 is 0 Å². The standard InChI is InChI=1S/C28H33FN6O3/c1-3-20-22(29)6-5-18-11-19(38-17-37-2)12-24(25(18)20)34-10-7-21-23(13-34)32-16-33-26(21)35-27(36)31-15-28(35)8-4-9-30-14-28/h5-6,11-12,16,30H,3-4,7-10,13-15,17H2,1-2H3,(H,31,36). The van der Waals surface area contributed by atoms with Gasteiger partial charge in [0.15, 0.2) is 6.79 Å². The number of ether oxygens (including phenoxy) is 2. The lowest BCUT2D eigenvalue weighted by atomic mass is 9.89. The number of rotatable bonds is 6. The molecule has 200 valence electrons. The van der Waals surface area contributed by atoms with Gasteiger partial charge in [-0.2, -0.15) is 0 Å². The average molecular weight is 521 g/mol. The van der Waals surface area contributed by atoms with E-state index in [4.69, 9.17) is 9.47 Å². The number of nitrogens with zero attached hydrogens (tertiary/aromatic N) is 4. The van der Waals surface area contributed by atoms with Crippen LogP contribution in [0, 0.1) is 5.82 Å². The van der Waals surface area contributed by atoms with Crippen molar-refractivity contribution >= 4 is 28.3 Å². The number of benzene rings is 2. The molecule has 2 amide bonds. The second-order valence-electron chi connectivity index (χ2n) is 10.3. The predicted molar refractivity (Wildman–Crippen MR) is 143 cm³/mol. The lowest BCUT2D eigenvalue weighted by molar-refractivity contribution is 0.0512. The Kier molecular flexibility index (Phi) is 6.53. The van der Waals surface area contributed by atoms with Crippen molar-refractivity contribution in [1.82, 2.24) is 20.6 Å². The third-order valence-electron chi connectivity index (χ3n) is 8.05. The quantitative estimate of drug-likeness (QED) is 0.481. The van der Waals surface area contributed by atoms with E-state index in [9.17, 15) is 9.18 Å². The smallest absolute Gasteiger partial charge is 0.323 e. The summed E-state index contributed by atoms with van der Waals surface area (Å²) in [5, 5.41) is 8.32. The Morgan fingerprint density at radius 3 is 2.89 bits per heavy atom. The number of carbonyl (C=O) groups excluding carboxylic acids is 1. The van der Waals surface area contributed by atoms with Crippen molar-refractivity contribution in [2.45, 2.75) is 44.7 Å². The number of nitrogens with one attached hydrogen (secondary N) is 2. The van der Waals surface area contributed by atoms with Crippen molar-refractivity contribution in [3.8, 4) is 5.75 Å². The third-order valence-corrected chi connectivity index (χ3v) is 8.05. The van der Waals surface area contributed by atoms with Crippen molar-refractivity contribution in [2.75, 3.05) is 49.9 Å². The fraction of sp³-hybridized carbons (Fsp3) is 0.464. The molecule has 0 radical (unpaired) electrons. The summed E-state index contributed by atoms with van der Waals surface area (Å²) in [5.41, 5.74) is 3.16. The molecule has 9 nitrogen and oxygen atoms in total. The summed E-state index contributed by atoms with van der Waals surface area (Å²) >= 11 is 0. The number of halogens is 1. The van der Waals surface area contributed by atoms with Crippen LogP contribution < -0.4 is 25.2 Å². The molecule has 4 heterocycles. The summed E-state index contributed by atoms with van der Waals surface area (Å²) in [4.78, 5) is 26.4. The minimum Gasteiger partial charge on any atom is -0.467 e. The normalized spacial score (nSPS) is 21.2. The van der Waals surface area contributed by atoms with Crippen LogP contribution in [0.1, 0.15) is 36.6 Å². The van der Waals surface area contributed by atoms with Gasteiger partial charge >= 0.3 is 6.03 Å². The van der Waals surface area contributed by atoms with Crippen LogP contribution in [0.4, 0.5) is 20.7 Å². The van der Waals surface area contributed by atoms with Crippen LogP contribution in [0.5, 0.6) is 5.75 Å². The van der Waals surface area contributed by atoms with E-state index in [2.05, 4.69) is 25.5 Å². The van der Waals surface area contributed by atoms with Gasteiger partial charge in [-0.3, -0.25) is 4.90 Å². The van der Waals surface area contributed by atoms with Gasteiger partial charge in [-0.15, -0.1) is 0 Å². The molecular weight excluding hydrogens is 487 g/mol. The van der Waals surface area contributed by atoms with Crippen LogP contribution in [0.2, 0.25) is 0 Å². The number of piperidine rings is 1. The van der Waals surface area contributed by atoms with Crippen LogP contribution in [0.15, 0.2) is 30.6 Å². The number of aromatic nitrogens is 2. The second kappa shape index (κ2) is 9.99. The summed E-state index contributed by atoms with van der Waals surface area (Å²) in [7, 11) is 1.58. The first-order chi connectivity index (χ1) is 18.5. The average Bonchev–Trinajstić information content (AvgIpc) is 3.25. The highest BCUT2D eigenvalue weighted by molar-refractivity contribution is 5.99. The number of amides is 2. The molecule has 1 aromatic heterocycles. The van der Waals surface area contributed by atoms with Gasteiger partial charge in [0.1, 0.15) is 23.7 Å². The van der Waals surface area contributed by atoms with Crippen molar-refractivity contribution in [1.29, 1.82) is 0 Å². The van der Waals surface area contributed by atoms with Crippen LogP contribution in [-0.2, 0) is 24.1 Å². The summed E-state index contributed by atoms with van der Waals surface area (Å²) in [5.74, 6) is 1.16. The molecule has 6 rings (SSSR count). The van der Waals surface area contributed by atoms with Gasteiger partial charge in [0.25, 0.3) is 0 Å². The maximum absolute atomic E-state index is 14.9. The predicted octanol–water partition coefficient (Wildman–Crippen LogP) is 3.53. The SMILES string of the molecule is CCc1c(F)ccc2cc(OCOC)cc(N3CCc4c(ncnc4N4C(=O)NCC45CCCNC5)C3)c12. The Bertz CT molecular complexity index is 1380. The van der Waals surface area contributed by atoms with E-state index in [0.29, 0.717) is 49.6 Å². The van der Waals surface area contributed by atoms with Gasteiger partial charge < -0.3 is 25.0 Å². The highest BCUT2D eigenvalue weighted by Crippen LogP contribution is 2.40. The van der Waals surface area contributed by atoms with E-state index in [1.165, 1.54) is 6.07 Å². The van der Waals surface area contributed by atoms with E-state index in [-0.39, 0.29) is 24.2 Å². The molecule has 0 bridgehead atoms. The molecule has 38 heavy (non-hydrogen) atoms. The van der Waals surface area contributed by atoms with Gasteiger partial charge in [-0.25, -0.2) is 19.2 Å². The molecule has 1 atom stereocenters. The summed E-state index contributed by atoms with van der Waals surface area (Å²) < 4.78 is 25.8. The second-order valence-corrected chi connectivity index (χ2v) is 10.3. The molecule has 10 heteroatoms. The molecule has 2 saturated heterocycles. The molecule has 3 aliphatic rings. The van der Waals surface area contributed by atoms with Gasteiger partial charge in [-0.05, 0) is 55.3 Å². The number of carbonyl (C=O) groups is 1. The first-order valence-corrected chi connectivity index (χ1v) is 13.3. The van der Waals surface area contributed by atoms with Gasteiger partial charge in [0, 0.05) is 49.4 Å². The number of urea groups is 1. The van der Waals surface area contributed by atoms with E-state index in [1.807, 2.05) is 24.0 Å².